The van der Waals surface area contributed by atoms with Crippen molar-refractivity contribution in [3.05, 3.63) is 59.7 Å². The van der Waals surface area contributed by atoms with Crippen molar-refractivity contribution in [3.63, 3.8) is 0 Å². The highest BCUT2D eigenvalue weighted by molar-refractivity contribution is 5.96. The van der Waals surface area contributed by atoms with Gasteiger partial charge in [0.05, 0.1) is 11.3 Å². The number of amides is 1. The Morgan fingerprint density at radius 1 is 1.29 bits per heavy atom. The predicted molar refractivity (Wildman–Crippen MR) is 80.4 cm³/mol. The molecule has 106 valence electrons. The number of rotatable bonds is 4. The van der Waals surface area contributed by atoms with Crippen LogP contribution in [-0.4, -0.2) is 13.0 Å². The van der Waals surface area contributed by atoms with E-state index in [0.717, 1.165) is 5.56 Å². The number of hydrogen-bond acceptors (Lipinski definition) is 4. The van der Waals surface area contributed by atoms with Gasteiger partial charge < -0.3 is 15.8 Å². The van der Waals surface area contributed by atoms with Gasteiger partial charge >= 0.3 is 0 Å². The molecule has 0 aliphatic heterocycles. The molecule has 0 heterocycles. The maximum absolute atomic E-state index is 12.3. The molecule has 21 heavy (non-hydrogen) atoms. The standard InChI is InChI=1S/C16H15N3O2/c1-21-15(11-5-3-2-4-6-11)16(20)19-14-8-7-13(18)9-12(14)10-17/h2-9,15H,18H2,1H3,(H,19,20). The summed E-state index contributed by atoms with van der Waals surface area (Å²) < 4.78 is 5.25. The monoisotopic (exact) mass is 281 g/mol. The summed E-state index contributed by atoms with van der Waals surface area (Å²) in [5.41, 5.74) is 7.56. The lowest BCUT2D eigenvalue weighted by molar-refractivity contribution is -0.126. The molecule has 0 saturated carbocycles. The molecule has 0 fully saturated rings. The molecule has 2 rings (SSSR count). The third-order valence-corrected chi connectivity index (χ3v) is 3.00. The van der Waals surface area contributed by atoms with E-state index >= 15 is 0 Å². The number of nitrogens with one attached hydrogen (secondary N) is 1. The van der Waals surface area contributed by atoms with Crippen molar-refractivity contribution < 1.29 is 9.53 Å². The molecule has 1 amide bonds. The number of carbonyl (C=O) groups excluding carboxylic acids is 1. The molecule has 0 saturated heterocycles. The Balaban J connectivity index is 2.23. The van der Waals surface area contributed by atoms with Crippen LogP contribution in [0.15, 0.2) is 48.5 Å². The van der Waals surface area contributed by atoms with Gasteiger partial charge in [-0.25, -0.2) is 0 Å². The van der Waals surface area contributed by atoms with E-state index in [4.69, 9.17) is 15.7 Å². The molecule has 1 atom stereocenters. The summed E-state index contributed by atoms with van der Waals surface area (Å²) in [4.78, 5) is 12.3. The van der Waals surface area contributed by atoms with Crippen molar-refractivity contribution in [2.24, 2.45) is 0 Å². The summed E-state index contributed by atoms with van der Waals surface area (Å²) >= 11 is 0. The quantitative estimate of drug-likeness (QED) is 0.843. The van der Waals surface area contributed by atoms with Crippen LogP contribution in [0.4, 0.5) is 11.4 Å². The molecule has 0 aromatic heterocycles. The van der Waals surface area contributed by atoms with E-state index in [1.54, 1.807) is 12.1 Å². The second-order valence-corrected chi connectivity index (χ2v) is 4.43. The number of methoxy groups -OCH3 is 1. The van der Waals surface area contributed by atoms with E-state index < -0.39 is 6.10 Å². The van der Waals surface area contributed by atoms with Gasteiger partial charge in [0, 0.05) is 12.8 Å². The largest absolute Gasteiger partial charge is 0.399 e. The first kappa shape index (κ1) is 14.6. The third-order valence-electron chi connectivity index (χ3n) is 3.00. The first-order valence-electron chi connectivity index (χ1n) is 6.34. The van der Waals surface area contributed by atoms with Crippen molar-refractivity contribution in [2.45, 2.75) is 6.10 Å². The van der Waals surface area contributed by atoms with Gasteiger partial charge in [0.2, 0.25) is 0 Å². The number of nitriles is 1. The summed E-state index contributed by atoms with van der Waals surface area (Å²) in [6.45, 7) is 0. The van der Waals surface area contributed by atoms with E-state index in [9.17, 15) is 4.79 Å². The van der Waals surface area contributed by atoms with Crippen LogP contribution in [0, 0.1) is 11.3 Å². The average molecular weight is 281 g/mol. The minimum absolute atomic E-state index is 0.311. The SMILES string of the molecule is COC(C(=O)Nc1ccc(N)cc1C#N)c1ccccc1. The zero-order valence-electron chi connectivity index (χ0n) is 11.5. The van der Waals surface area contributed by atoms with Crippen LogP contribution >= 0.6 is 0 Å². The number of benzene rings is 2. The van der Waals surface area contributed by atoms with Crippen molar-refractivity contribution in [2.75, 3.05) is 18.2 Å². The van der Waals surface area contributed by atoms with Gasteiger partial charge in [0.25, 0.3) is 5.91 Å². The Kier molecular flexibility index (Phi) is 4.54. The van der Waals surface area contributed by atoms with Crippen LogP contribution in [0.2, 0.25) is 0 Å². The third kappa shape index (κ3) is 3.38. The molecule has 0 aliphatic rings. The van der Waals surface area contributed by atoms with Gasteiger partial charge in [-0.1, -0.05) is 30.3 Å². The minimum Gasteiger partial charge on any atom is -0.399 e. The Morgan fingerprint density at radius 3 is 2.62 bits per heavy atom. The van der Waals surface area contributed by atoms with Crippen molar-refractivity contribution in [3.8, 4) is 6.07 Å². The predicted octanol–water partition coefficient (Wildman–Crippen LogP) is 2.47. The lowest BCUT2D eigenvalue weighted by Crippen LogP contribution is -2.23. The van der Waals surface area contributed by atoms with E-state index in [-0.39, 0.29) is 5.91 Å². The summed E-state index contributed by atoms with van der Waals surface area (Å²) in [7, 11) is 1.46. The Morgan fingerprint density at radius 2 is 2.00 bits per heavy atom. The molecule has 3 N–H and O–H groups in total. The van der Waals surface area contributed by atoms with Crippen LogP contribution in [0.1, 0.15) is 17.2 Å². The first-order chi connectivity index (χ1) is 10.2. The fraction of sp³-hybridized carbons (Fsp3) is 0.125. The molecular weight excluding hydrogens is 266 g/mol. The number of hydrogen-bond donors (Lipinski definition) is 2. The fourth-order valence-corrected chi connectivity index (χ4v) is 1.98. The summed E-state index contributed by atoms with van der Waals surface area (Å²) in [6.07, 6.45) is -0.740. The number of nitrogen functional groups attached to an aromatic ring is 1. The smallest absolute Gasteiger partial charge is 0.258 e. The van der Waals surface area contributed by atoms with Crippen LogP contribution in [0.5, 0.6) is 0 Å². The fourth-order valence-electron chi connectivity index (χ4n) is 1.98. The highest BCUT2D eigenvalue weighted by Gasteiger charge is 2.20. The number of nitrogens with two attached hydrogens (primary N) is 1. The Labute approximate surface area is 123 Å². The van der Waals surface area contributed by atoms with Gasteiger partial charge in [-0.2, -0.15) is 5.26 Å². The molecule has 0 spiro atoms. The number of anilines is 2. The Bertz CT molecular complexity index is 678. The molecule has 5 nitrogen and oxygen atoms in total. The molecule has 2 aromatic rings. The van der Waals surface area contributed by atoms with Crippen LogP contribution in [0.3, 0.4) is 0 Å². The van der Waals surface area contributed by atoms with Crippen LogP contribution in [0.25, 0.3) is 0 Å². The molecule has 0 radical (unpaired) electrons. The molecule has 0 bridgehead atoms. The summed E-state index contributed by atoms with van der Waals surface area (Å²) in [5, 5.41) is 11.8. The summed E-state index contributed by atoms with van der Waals surface area (Å²) in [6, 6.07) is 15.9. The van der Waals surface area contributed by atoms with E-state index in [1.165, 1.54) is 13.2 Å². The summed E-state index contributed by atoms with van der Waals surface area (Å²) in [5.74, 6) is -0.343. The first-order valence-corrected chi connectivity index (χ1v) is 6.34. The molecule has 1 unspecified atom stereocenters. The van der Waals surface area contributed by atoms with Crippen molar-refractivity contribution in [1.82, 2.24) is 0 Å². The topological polar surface area (TPSA) is 88.1 Å². The molecule has 0 aliphatic carbocycles. The van der Waals surface area contributed by atoms with Crippen LogP contribution in [-0.2, 0) is 9.53 Å². The van der Waals surface area contributed by atoms with Gasteiger partial charge in [-0.3, -0.25) is 4.79 Å². The van der Waals surface area contributed by atoms with E-state index in [2.05, 4.69) is 5.32 Å². The normalized spacial score (nSPS) is 11.4. The number of nitrogens with zero attached hydrogens (tertiary/aromatic N) is 1. The molecule has 2 aromatic carbocycles. The lowest BCUT2D eigenvalue weighted by Gasteiger charge is -2.16. The van der Waals surface area contributed by atoms with Gasteiger partial charge in [-0.15, -0.1) is 0 Å². The highest BCUT2D eigenvalue weighted by Crippen LogP contribution is 2.22. The zero-order valence-corrected chi connectivity index (χ0v) is 11.5. The Hall–Kier alpha value is -2.84. The van der Waals surface area contributed by atoms with Crippen molar-refractivity contribution >= 4 is 17.3 Å². The average Bonchev–Trinajstić information content (AvgIpc) is 2.51. The second-order valence-electron chi connectivity index (χ2n) is 4.43. The van der Waals surface area contributed by atoms with Crippen molar-refractivity contribution in [1.29, 1.82) is 5.26 Å². The second kappa shape index (κ2) is 6.55. The number of ether oxygens (including phenoxy) is 1. The molecule has 5 heteroatoms. The van der Waals surface area contributed by atoms with Gasteiger partial charge in [-0.05, 0) is 23.8 Å². The highest BCUT2D eigenvalue weighted by atomic mass is 16.5. The van der Waals surface area contributed by atoms with E-state index in [1.807, 2.05) is 36.4 Å². The minimum atomic E-state index is -0.740. The maximum Gasteiger partial charge on any atom is 0.258 e. The zero-order chi connectivity index (χ0) is 15.2. The molecular formula is C16H15N3O2. The lowest BCUT2D eigenvalue weighted by atomic mass is 10.1. The van der Waals surface area contributed by atoms with E-state index in [0.29, 0.717) is 16.9 Å². The van der Waals surface area contributed by atoms with Gasteiger partial charge in [0.15, 0.2) is 6.10 Å². The number of carbonyl (C=O) groups is 1. The van der Waals surface area contributed by atoms with Gasteiger partial charge in [0.1, 0.15) is 6.07 Å². The maximum atomic E-state index is 12.3. The van der Waals surface area contributed by atoms with Crippen LogP contribution < -0.4 is 11.1 Å².